The van der Waals surface area contributed by atoms with Crippen LogP contribution in [0.5, 0.6) is 11.5 Å². The van der Waals surface area contributed by atoms with Crippen molar-refractivity contribution in [1.82, 2.24) is 0 Å². The second-order valence-corrected chi connectivity index (χ2v) is 9.70. The third kappa shape index (κ3) is 5.44. The maximum atomic E-state index is 13.1. The highest BCUT2D eigenvalue weighted by molar-refractivity contribution is 7.98. The van der Waals surface area contributed by atoms with Crippen molar-refractivity contribution in [2.75, 3.05) is 14.2 Å². The zero-order valence-electron chi connectivity index (χ0n) is 20.7. The minimum atomic E-state index is -0.00164. The molecule has 0 aromatic heterocycles. The van der Waals surface area contributed by atoms with Gasteiger partial charge in [0.05, 0.1) is 14.2 Å². The zero-order valence-corrected chi connectivity index (χ0v) is 21.6. The zero-order chi connectivity index (χ0) is 24.1. The topological polar surface area (TPSA) is 35.5 Å². The molecule has 0 aliphatic heterocycles. The summed E-state index contributed by atoms with van der Waals surface area (Å²) in [5.74, 6) is 2.37. The van der Waals surface area contributed by atoms with Gasteiger partial charge in [0.2, 0.25) is 0 Å². The van der Waals surface area contributed by atoms with Crippen molar-refractivity contribution < 1.29 is 14.3 Å². The molecule has 1 atom stereocenters. The lowest BCUT2D eigenvalue weighted by Crippen LogP contribution is -2.08. The highest BCUT2D eigenvalue weighted by atomic mass is 32.2. The van der Waals surface area contributed by atoms with E-state index in [0.717, 1.165) is 16.9 Å². The van der Waals surface area contributed by atoms with E-state index in [-0.39, 0.29) is 11.0 Å². The van der Waals surface area contributed by atoms with Crippen LogP contribution in [0.25, 0.3) is 0 Å². The Hall–Kier alpha value is -2.72. The Morgan fingerprint density at radius 2 is 1.36 bits per heavy atom. The average molecular weight is 463 g/mol. The third-order valence-electron chi connectivity index (χ3n) is 6.83. The van der Waals surface area contributed by atoms with Gasteiger partial charge >= 0.3 is 0 Å². The van der Waals surface area contributed by atoms with Crippen LogP contribution in [0.1, 0.15) is 61.0 Å². The van der Waals surface area contributed by atoms with Gasteiger partial charge < -0.3 is 9.47 Å². The van der Waals surface area contributed by atoms with Crippen molar-refractivity contribution in [3.8, 4) is 11.5 Å². The second-order valence-electron chi connectivity index (χ2n) is 8.51. The van der Waals surface area contributed by atoms with Crippen LogP contribution in [0, 0.1) is 34.6 Å². The van der Waals surface area contributed by atoms with E-state index >= 15 is 0 Å². The summed E-state index contributed by atoms with van der Waals surface area (Å²) in [6, 6.07) is 15.5. The first kappa shape index (κ1) is 24.9. The molecule has 0 aliphatic rings. The Morgan fingerprint density at radius 1 is 0.788 bits per heavy atom. The molecule has 0 saturated heterocycles. The summed E-state index contributed by atoms with van der Waals surface area (Å²) in [6.45, 7) is 11.0. The number of ether oxygens (including phenoxy) is 2. The average Bonchev–Trinajstić information content (AvgIpc) is 2.85. The predicted octanol–water partition coefficient (Wildman–Crippen LogP) is 7.49. The van der Waals surface area contributed by atoms with Gasteiger partial charge in [-0.15, -0.1) is 11.8 Å². The number of hydrogen-bond acceptors (Lipinski definition) is 4. The van der Waals surface area contributed by atoms with E-state index in [0.29, 0.717) is 17.9 Å². The maximum Gasteiger partial charge on any atom is 0.164 e. The number of methoxy groups -OCH3 is 2. The quantitative estimate of drug-likeness (QED) is 0.309. The van der Waals surface area contributed by atoms with Gasteiger partial charge in [-0.3, -0.25) is 4.79 Å². The van der Waals surface area contributed by atoms with E-state index in [9.17, 15) is 4.79 Å². The number of carbonyl (C=O) groups excluding carboxylic acids is 1. The lowest BCUT2D eigenvalue weighted by molar-refractivity contribution is 0.0982. The van der Waals surface area contributed by atoms with Gasteiger partial charge in [0.1, 0.15) is 0 Å². The molecule has 0 heterocycles. The summed E-state index contributed by atoms with van der Waals surface area (Å²) < 4.78 is 11.0. The van der Waals surface area contributed by atoms with Crippen molar-refractivity contribution >= 4 is 17.5 Å². The van der Waals surface area contributed by atoms with E-state index in [2.05, 4.69) is 34.6 Å². The molecule has 0 saturated carbocycles. The van der Waals surface area contributed by atoms with Gasteiger partial charge in [-0.1, -0.05) is 36.4 Å². The molecule has 0 amide bonds. The second kappa shape index (κ2) is 10.9. The Bertz CT molecular complexity index is 1110. The number of rotatable bonds is 9. The van der Waals surface area contributed by atoms with Crippen LogP contribution in [0.15, 0.2) is 48.5 Å². The number of hydrogen-bond donors (Lipinski definition) is 0. The van der Waals surface area contributed by atoms with Crippen molar-refractivity contribution in [2.45, 2.75) is 52.0 Å². The van der Waals surface area contributed by atoms with E-state index in [1.165, 1.54) is 33.4 Å². The summed E-state index contributed by atoms with van der Waals surface area (Å²) in [5, 5.41) is -0.00164. The predicted molar refractivity (Wildman–Crippen MR) is 139 cm³/mol. The number of thioether (sulfide) groups is 1. The molecule has 0 aliphatic carbocycles. The Balaban J connectivity index is 1.95. The van der Waals surface area contributed by atoms with Gasteiger partial charge in [-0.25, -0.2) is 0 Å². The lowest BCUT2D eigenvalue weighted by Gasteiger charge is -2.22. The molecular formula is C29H34O3S. The Morgan fingerprint density at radius 3 is 1.94 bits per heavy atom. The van der Waals surface area contributed by atoms with Crippen LogP contribution in [0.2, 0.25) is 0 Å². The monoisotopic (exact) mass is 462 g/mol. The lowest BCUT2D eigenvalue weighted by atomic mass is 9.90. The van der Waals surface area contributed by atoms with Crippen LogP contribution >= 0.6 is 11.8 Å². The van der Waals surface area contributed by atoms with Gasteiger partial charge in [0.15, 0.2) is 17.3 Å². The van der Waals surface area contributed by atoms with Crippen molar-refractivity contribution in [1.29, 1.82) is 0 Å². The molecule has 3 aromatic carbocycles. The fourth-order valence-corrected chi connectivity index (χ4v) is 5.62. The van der Waals surface area contributed by atoms with Crippen LogP contribution in [-0.4, -0.2) is 20.0 Å². The summed E-state index contributed by atoms with van der Waals surface area (Å²) >= 11 is 1.82. The molecule has 3 aromatic rings. The van der Waals surface area contributed by atoms with Gasteiger partial charge in [0.25, 0.3) is 0 Å². The number of carbonyl (C=O) groups is 1. The fourth-order valence-electron chi connectivity index (χ4n) is 4.21. The van der Waals surface area contributed by atoms with Gasteiger partial charge in [-0.2, -0.15) is 0 Å². The van der Waals surface area contributed by atoms with Gasteiger partial charge in [-0.05, 0) is 85.7 Å². The molecule has 3 nitrogen and oxygen atoms in total. The van der Waals surface area contributed by atoms with Crippen LogP contribution < -0.4 is 9.47 Å². The van der Waals surface area contributed by atoms with Crippen molar-refractivity contribution in [2.24, 2.45) is 0 Å². The molecule has 0 fully saturated rings. The fraction of sp³-hybridized carbons (Fsp3) is 0.345. The molecule has 3 rings (SSSR count). The Kier molecular flexibility index (Phi) is 8.25. The van der Waals surface area contributed by atoms with Crippen LogP contribution in [0.4, 0.5) is 0 Å². The molecule has 174 valence electrons. The minimum absolute atomic E-state index is 0.00164. The molecule has 0 radical (unpaired) electrons. The third-order valence-corrected chi connectivity index (χ3v) is 8.13. The Labute approximate surface area is 202 Å². The molecule has 0 unspecified atom stereocenters. The highest BCUT2D eigenvalue weighted by Gasteiger charge is 2.21. The summed E-state index contributed by atoms with van der Waals surface area (Å²) in [5.41, 5.74) is 9.98. The summed E-state index contributed by atoms with van der Waals surface area (Å²) in [4.78, 5) is 13.1. The first-order chi connectivity index (χ1) is 15.8. The van der Waals surface area contributed by atoms with Gasteiger partial charge in [0, 0.05) is 23.0 Å². The van der Waals surface area contributed by atoms with Crippen LogP contribution in [-0.2, 0) is 5.75 Å². The van der Waals surface area contributed by atoms with E-state index in [1.54, 1.807) is 14.2 Å². The number of ketones is 1. The molecular weight excluding hydrogens is 428 g/mol. The molecule has 0 N–H and O–H groups in total. The minimum Gasteiger partial charge on any atom is -0.493 e. The highest BCUT2D eigenvalue weighted by Crippen LogP contribution is 2.41. The van der Waals surface area contributed by atoms with Crippen molar-refractivity contribution in [3.05, 3.63) is 93.0 Å². The molecule has 33 heavy (non-hydrogen) atoms. The van der Waals surface area contributed by atoms with Crippen LogP contribution in [0.3, 0.4) is 0 Å². The first-order valence-electron chi connectivity index (χ1n) is 11.3. The molecule has 0 bridgehead atoms. The molecule has 4 heteroatoms. The first-order valence-corrected chi connectivity index (χ1v) is 12.3. The normalized spacial score (nSPS) is 11.8. The van der Waals surface area contributed by atoms with E-state index in [4.69, 9.17) is 9.47 Å². The van der Waals surface area contributed by atoms with Crippen molar-refractivity contribution in [3.63, 3.8) is 0 Å². The standard InChI is InChI=1S/C29H34O3S/c1-18-19(2)21(4)25(22(5)20(18)3)17-33-29(16-26(30)23-11-9-8-10-12-23)24-13-14-27(31-6)28(15-24)32-7/h8-15,29H,16-17H2,1-7H3/t29-/m0/s1. The maximum absolute atomic E-state index is 13.1. The largest absolute Gasteiger partial charge is 0.493 e. The smallest absolute Gasteiger partial charge is 0.164 e. The SMILES string of the molecule is COc1ccc([C@H](CC(=O)c2ccccc2)SCc2c(C)c(C)c(C)c(C)c2C)cc1OC. The number of Topliss-reactive ketones (excluding diaryl/α,β-unsaturated/α-hetero) is 1. The molecule has 0 spiro atoms. The van der Waals surface area contributed by atoms with E-state index < -0.39 is 0 Å². The summed E-state index contributed by atoms with van der Waals surface area (Å²) in [6.07, 6.45) is 0.423. The number of benzene rings is 3. The summed E-state index contributed by atoms with van der Waals surface area (Å²) in [7, 11) is 3.28. The van der Waals surface area contributed by atoms with E-state index in [1.807, 2.05) is 60.3 Å².